The van der Waals surface area contributed by atoms with E-state index in [-0.39, 0.29) is 0 Å². The third kappa shape index (κ3) is 0.963. The Hall–Kier alpha value is -1.44. The molecule has 1 aromatic heterocycles. The van der Waals surface area contributed by atoms with Gasteiger partial charge in [-0.05, 0) is 18.2 Å². The van der Waals surface area contributed by atoms with Crippen LogP contribution in [-0.2, 0) is 0 Å². The average molecular weight is 146 g/mol. The minimum absolute atomic E-state index is 0.845. The van der Waals surface area contributed by atoms with Gasteiger partial charge in [0.2, 0.25) is 0 Å². The van der Waals surface area contributed by atoms with Crippen LogP contribution >= 0.6 is 0 Å². The van der Waals surface area contributed by atoms with Crippen molar-refractivity contribution in [3.63, 3.8) is 0 Å². The Morgan fingerprint density at radius 2 is 2.45 bits per heavy atom. The lowest BCUT2D eigenvalue weighted by molar-refractivity contribution is 0.415. The van der Waals surface area contributed by atoms with Crippen LogP contribution in [0.2, 0.25) is 0 Å². The first-order valence-corrected chi connectivity index (χ1v) is 3.43. The van der Waals surface area contributed by atoms with Gasteiger partial charge in [0.15, 0.2) is 0 Å². The maximum absolute atomic E-state index is 5.05. The number of aromatic amines is 1. The molecule has 2 rings (SSSR count). The van der Waals surface area contributed by atoms with Crippen LogP contribution in [0.3, 0.4) is 0 Å². The Morgan fingerprint density at radius 3 is 3.27 bits per heavy atom. The summed E-state index contributed by atoms with van der Waals surface area (Å²) in [6.07, 6.45) is 1.89. The number of fused-ring (bicyclic) bond motifs is 1. The molecular formula is C9H8NO. The lowest BCUT2D eigenvalue weighted by Gasteiger charge is -1.96. The molecule has 0 spiro atoms. The first kappa shape index (κ1) is 6.28. The fraction of sp³-hybridized carbons (Fsp3) is 0.111. The van der Waals surface area contributed by atoms with Gasteiger partial charge in [-0.1, -0.05) is 0 Å². The number of aromatic nitrogens is 1. The van der Waals surface area contributed by atoms with Gasteiger partial charge in [-0.2, -0.15) is 0 Å². The molecule has 1 heterocycles. The second-order valence-corrected chi connectivity index (χ2v) is 2.35. The maximum atomic E-state index is 5.05. The predicted molar refractivity (Wildman–Crippen MR) is 43.7 cm³/mol. The van der Waals surface area contributed by atoms with E-state index in [2.05, 4.69) is 11.1 Å². The van der Waals surface area contributed by atoms with Crippen LogP contribution in [0.25, 0.3) is 10.9 Å². The number of rotatable bonds is 1. The van der Waals surface area contributed by atoms with Crippen LogP contribution in [0.1, 0.15) is 0 Å². The first-order chi connectivity index (χ1) is 5.40. The molecule has 0 aliphatic carbocycles. The number of benzene rings is 1. The quantitative estimate of drug-likeness (QED) is 0.653. The monoisotopic (exact) mass is 146 g/mol. The molecule has 0 atom stereocenters. The summed E-state index contributed by atoms with van der Waals surface area (Å²) in [6.45, 7) is 0. The molecule has 1 radical (unpaired) electrons. The zero-order valence-electron chi connectivity index (χ0n) is 6.22. The smallest absolute Gasteiger partial charge is 0.120 e. The molecule has 0 bridgehead atoms. The highest BCUT2D eigenvalue weighted by Crippen LogP contribution is 2.18. The number of methoxy groups -OCH3 is 1. The van der Waals surface area contributed by atoms with Gasteiger partial charge < -0.3 is 9.72 Å². The van der Waals surface area contributed by atoms with E-state index in [9.17, 15) is 0 Å². The van der Waals surface area contributed by atoms with Gasteiger partial charge >= 0.3 is 0 Å². The van der Waals surface area contributed by atoms with Gasteiger partial charge in [0, 0.05) is 17.6 Å². The molecule has 0 unspecified atom stereocenters. The van der Waals surface area contributed by atoms with Crippen LogP contribution in [0.5, 0.6) is 5.75 Å². The predicted octanol–water partition coefficient (Wildman–Crippen LogP) is 1.98. The van der Waals surface area contributed by atoms with Gasteiger partial charge in [-0.15, -0.1) is 0 Å². The summed E-state index contributed by atoms with van der Waals surface area (Å²) < 4.78 is 5.05. The van der Waals surface area contributed by atoms with E-state index >= 15 is 0 Å². The molecule has 0 saturated carbocycles. The molecule has 55 valence electrons. The van der Waals surface area contributed by atoms with Crippen LogP contribution < -0.4 is 4.74 Å². The Kier molecular flexibility index (Phi) is 1.32. The van der Waals surface area contributed by atoms with Crippen molar-refractivity contribution in [2.75, 3.05) is 7.11 Å². The van der Waals surface area contributed by atoms with E-state index in [1.54, 1.807) is 7.11 Å². The second-order valence-electron chi connectivity index (χ2n) is 2.35. The summed E-state index contributed by atoms with van der Waals surface area (Å²) in [5.74, 6) is 0.845. The van der Waals surface area contributed by atoms with Gasteiger partial charge in [-0.25, -0.2) is 0 Å². The summed E-state index contributed by atoms with van der Waals surface area (Å²) in [7, 11) is 1.65. The van der Waals surface area contributed by atoms with Crippen LogP contribution in [0.4, 0.5) is 0 Å². The minimum Gasteiger partial charge on any atom is -0.497 e. The minimum atomic E-state index is 0.845. The number of hydrogen-bond donors (Lipinski definition) is 1. The molecule has 0 aliphatic heterocycles. The molecule has 2 aromatic rings. The van der Waals surface area contributed by atoms with Crippen LogP contribution in [0.15, 0.2) is 24.4 Å². The summed E-state index contributed by atoms with van der Waals surface area (Å²) >= 11 is 0. The highest BCUT2D eigenvalue weighted by molar-refractivity contribution is 5.80. The van der Waals surface area contributed by atoms with Crippen molar-refractivity contribution < 1.29 is 4.74 Å². The van der Waals surface area contributed by atoms with Crippen LogP contribution in [0, 0.1) is 6.07 Å². The molecule has 0 aliphatic rings. The Bertz CT molecular complexity index is 364. The molecular weight excluding hydrogens is 138 g/mol. The Labute approximate surface area is 64.8 Å². The molecule has 0 saturated heterocycles. The Morgan fingerprint density at radius 1 is 1.55 bits per heavy atom. The normalized spacial score (nSPS) is 10.3. The number of H-pyrrole nitrogens is 1. The summed E-state index contributed by atoms with van der Waals surface area (Å²) in [5.41, 5.74) is 1.02. The summed E-state index contributed by atoms with van der Waals surface area (Å²) in [5, 5.41) is 1.13. The van der Waals surface area contributed by atoms with Gasteiger partial charge in [0.05, 0.1) is 12.6 Å². The Balaban J connectivity index is 2.67. The van der Waals surface area contributed by atoms with Gasteiger partial charge in [0.25, 0.3) is 0 Å². The largest absolute Gasteiger partial charge is 0.497 e. The molecule has 2 heteroatoms. The van der Waals surface area contributed by atoms with E-state index in [1.807, 2.05) is 24.4 Å². The average Bonchev–Trinajstić information content (AvgIpc) is 2.50. The maximum Gasteiger partial charge on any atom is 0.120 e. The van der Waals surface area contributed by atoms with E-state index in [4.69, 9.17) is 4.74 Å². The zero-order valence-corrected chi connectivity index (χ0v) is 6.22. The third-order valence-corrected chi connectivity index (χ3v) is 1.67. The highest BCUT2D eigenvalue weighted by atomic mass is 16.5. The molecule has 0 amide bonds. The summed E-state index contributed by atoms with van der Waals surface area (Å²) in [6, 6.07) is 8.86. The first-order valence-electron chi connectivity index (χ1n) is 3.43. The van der Waals surface area contributed by atoms with E-state index < -0.39 is 0 Å². The molecule has 1 aromatic carbocycles. The van der Waals surface area contributed by atoms with Crippen molar-refractivity contribution in [1.82, 2.24) is 4.98 Å². The third-order valence-electron chi connectivity index (χ3n) is 1.67. The molecule has 0 fully saturated rings. The number of ether oxygens (including phenoxy) is 1. The van der Waals surface area contributed by atoms with E-state index in [0.29, 0.717) is 0 Å². The van der Waals surface area contributed by atoms with Crippen molar-refractivity contribution in [2.45, 2.75) is 0 Å². The number of nitrogens with one attached hydrogen (secondary N) is 1. The van der Waals surface area contributed by atoms with Gasteiger partial charge in [0.1, 0.15) is 5.75 Å². The fourth-order valence-corrected chi connectivity index (χ4v) is 1.08. The highest BCUT2D eigenvalue weighted by Gasteiger charge is 1.95. The zero-order chi connectivity index (χ0) is 7.68. The number of hydrogen-bond acceptors (Lipinski definition) is 1. The fourth-order valence-electron chi connectivity index (χ4n) is 1.08. The standard InChI is InChI=1S/C9H8NO/c1-11-8-2-3-9-7(6-8)4-5-10-9/h2,4-6,10H,1H3. The lowest BCUT2D eigenvalue weighted by Crippen LogP contribution is -1.80. The van der Waals surface area contributed by atoms with Crippen molar-refractivity contribution in [3.05, 3.63) is 30.5 Å². The molecule has 1 N–H and O–H groups in total. The van der Waals surface area contributed by atoms with Crippen LogP contribution in [-0.4, -0.2) is 12.1 Å². The van der Waals surface area contributed by atoms with E-state index in [1.165, 1.54) is 0 Å². The SMILES string of the molecule is COc1c[c]c2[nH]ccc2c1. The van der Waals surface area contributed by atoms with Gasteiger partial charge in [-0.3, -0.25) is 0 Å². The lowest BCUT2D eigenvalue weighted by atomic mass is 10.2. The topological polar surface area (TPSA) is 25.0 Å². The molecule has 2 nitrogen and oxygen atoms in total. The van der Waals surface area contributed by atoms with Crippen molar-refractivity contribution in [2.24, 2.45) is 0 Å². The van der Waals surface area contributed by atoms with E-state index in [0.717, 1.165) is 16.7 Å². The summed E-state index contributed by atoms with van der Waals surface area (Å²) in [4.78, 5) is 3.06. The van der Waals surface area contributed by atoms with Crippen molar-refractivity contribution >= 4 is 10.9 Å². The second kappa shape index (κ2) is 2.31. The van der Waals surface area contributed by atoms with Crippen molar-refractivity contribution in [3.8, 4) is 5.75 Å². The van der Waals surface area contributed by atoms with Crippen molar-refractivity contribution in [1.29, 1.82) is 0 Å². The molecule has 11 heavy (non-hydrogen) atoms.